The van der Waals surface area contributed by atoms with E-state index in [-0.39, 0.29) is 12.6 Å². The van der Waals surface area contributed by atoms with E-state index in [0.29, 0.717) is 13.2 Å². The minimum Gasteiger partial charge on any atom is -0.464 e. The second-order valence-electron chi connectivity index (χ2n) is 2.42. The quantitative estimate of drug-likeness (QED) is 0.433. The summed E-state index contributed by atoms with van der Waals surface area (Å²) in [6.07, 6.45) is 2.93. The lowest BCUT2D eigenvalue weighted by atomic mass is 10.3. The average Bonchev–Trinajstić information content (AvgIpc) is 2.05. The molecule has 12 heavy (non-hydrogen) atoms. The maximum absolute atomic E-state index is 10.7. The Bertz CT molecular complexity index is 112. The van der Waals surface area contributed by atoms with Crippen molar-refractivity contribution in [2.75, 3.05) is 19.8 Å². The molecule has 0 atom stereocenters. The summed E-state index contributed by atoms with van der Waals surface area (Å²) in [4.78, 5) is 10.7. The summed E-state index contributed by atoms with van der Waals surface area (Å²) in [6.45, 7) is 6.59. The molecule has 0 spiro atoms. The molecule has 0 amide bonds. The van der Waals surface area contributed by atoms with Crippen molar-refractivity contribution in [2.24, 2.45) is 0 Å². The molecule has 0 aromatic rings. The van der Waals surface area contributed by atoms with Gasteiger partial charge in [-0.25, -0.2) is 4.79 Å². The van der Waals surface area contributed by atoms with Crippen LogP contribution in [0.1, 0.15) is 26.2 Å². The molecule has 0 bridgehead atoms. The number of hydrogen-bond donors (Lipinski definition) is 0. The maximum atomic E-state index is 10.7. The molecule has 71 valence electrons. The van der Waals surface area contributed by atoms with Crippen molar-refractivity contribution >= 4 is 5.97 Å². The first-order chi connectivity index (χ1) is 5.81. The number of ether oxygens (including phenoxy) is 2. The molecule has 0 saturated carbocycles. The predicted molar refractivity (Wildman–Crippen MR) is 46.7 cm³/mol. The Labute approximate surface area is 74.0 Å². The summed E-state index contributed by atoms with van der Waals surface area (Å²) in [7, 11) is 0. The fourth-order valence-corrected chi connectivity index (χ4v) is 0.739. The normalized spacial score (nSPS) is 9.83. The Morgan fingerprint density at radius 2 is 2.17 bits per heavy atom. The maximum Gasteiger partial charge on any atom is 0.332 e. The van der Waals surface area contributed by atoms with E-state index < -0.39 is 0 Å². The molecular weight excluding hydrogens is 156 g/mol. The Morgan fingerprint density at radius 3 is 2.75 bits per heavy atom. The third-order valence-corrected chi connectivity index (χ3v) is 1.31. The summed E-state index contributed by atoms with van der Waals surface area (Å²) in [6, 6.07) is 0. The molecule has 0 aromatic carbocycles. The molecule has 0 fully saturated rings. The first kappa shape index (κ1) is 11.4. The van der Waals surface area contributed by atoms with Crippen LogP contribution >= 0.6 is 0 Å². The van der Waals surface area contributed by atoms with Crippen molar-refractivity contribution in [2.45, 2.75) is 26.2 Å². The van der Waals surface area contributed by atoms with Gasteiger partial charge >= 0.3 is 5.97 Å². The van der Waals surface area contributed by atoms with E-state index in [9.17, 15) is 4.79 Å². The number of rotatable bonds is 7. The number of hydrogen-bond acceptors (Lipinski definition) is 3. The van der Waals surface area contributed by atoms with Crippen LogP contribution in [0, 0.1) is 6.92 Å². The standard InChI is InChI=1S/C9H17O3/c1-3-5-6-7-11-8-9(10)12-4-2/h1,3-8H2,2H3. The van der Waals surface area contributed by atoms with E-state index in [1.165, 1.54) is 0 Å². The van der Waals surface area contributed by atoms with E-state index in [0.717, 1.165) is 19.3 Å². The second kappa shape index (κ2) is 8.53. The van der Waals surface area contributed by atoms with Crippen LogP contribution in [-0.4, -0.2) is 25.8 Å². The van der Waals surface area contributed by atoms with Gasteiger partial charge in [0.1, 0.15) is 6.61 Å². The molecule has 3 nitrogen and oxygen atoms in total. The summed E-state index contributed by atoms with van der Waals surface area (Å²) >= 11 is 0. The molecular formula is C9H17O3. The van der Waals surface area contributed by atoms with Gasteiger partial charge in [0.25, 0.3) is 0 Å². The molecule has 0 saturated heterocycles. The first-order valence-electron chi connectivity index (χ1n) is 4.33. The highest BCUT2D eigenvalue weighted by atomic mass is 16.6. The van der Waals surface area contributed by atoms with Crippen LogP contribution in [0.4, 0.5) is 0 Å². The molecule has 0 aromatic heterocycles. The van der Waals surface area contributed by atoms with Crippen molar-refractivity contribution in [3.63, 3.8) is 0 Å². The molecule has 0 aliphatic heterocycles. The van der Waals surface area contributed by atoms with Crippen LogP contribution in [-0.2, 0) is 14.3 Å². The van der Waals surface area contributed by atoms with E-state index >= 15 is 0 Å². The van der Waals surface area contributed by atoms with Gasteiger partial charge in [-0.2, -0.15) is 0 Å². The molecule has 0 N–H and O–H groups in total. The van der Waals surface area contributed by atoms with Gasteiger partial charge < -0.3 is 9.47 Å². The van der Waals surface area contributed by atoms with E-state index in [2.05, 4.69) is 11.7 Å². The zero-order valence-corrected chi connectivity index (χ0v) is 7.67. The van der Waals surface area contributed by atoms with Crippen molar-refractivity contribution < 1.29 is 14.3 Å². The fourth-order valence-electron chi connectivity index (χ4n) is 0.739. The Balaban J connectivity index is 3.03. The van der Waals surface area contributed by atoms with Gasteiger partial charge in [0, 0.05) is 6.61 Å². The SMILES string of the molecule is [CH2]CCCCOCC(=O)OCC. The van der Waals surface area contributed by atoms with Crippen LogP contribution in [0.15, 0.2) is 0 Å². The van der Waals surface area contributed by atoms with Crippen LogP contribution in [0.5, 0.6) is 0 Å². The number of carbonyl (C=O) groups is 1. The Hall–Kier alpha value is -0.570. The Kier molecular flexibility index (Phi) is 8.12. The van der Waals surface area contributed by atoms with Crippen molar-refractivity contribution in [1.82, 2.24) is 0 Å². The van der Waals surface area contributed by atoms with Gasteiger partial charge in [-0.3, -0.25) is 0 Å². The largest absolute Gasteiger partial charge is 0.464 e. The summed E-state index contributed by atoms with van der Waals surface area (Å²) in [5.41, 5.74) is 0. The molecule has 1 radical (unpaired) electrons. The average molecular weight is 173 g/mol. The minimum atomic E-state index is -0.285. The molecule has 0 unspecified atom stereocenters. The summed E-state index contributed by atoms with van der Waals surface area (Å²) in [5, 5.41) is 0. The van der Waals surface area contributed by atoms with Crippen molar-refractivity contribution in [1.29, 1.82) is 0 Å². The van der Waals surface area contributed by atoms with Crippen LogP contribution in [0.3, 0.4) is 0 Å². The van der Waals surface area contributed by atoms with Gasteiger partial charge in [-0.05, 0) is 13.3 Å². The number of unbranched alkanes of at least 4 members (excludes halogenated alkanes) is 2. The molecule has 3 heteroatoms. The summed E-state index contributed by atoms with van der Waals surface area (Å²) < 4.78 is 9.72. The third-order valence-electron chi connectivity index (χ3n) is 1.31. The molecule has 0 aliphatic rings. The lowest BCUT2D eigenvalue weighted by Gasteiger charge is -2.02. The topological polar surface area (TPSA) is 35.5 Å². The minimum absolute atomic E-state index is 0.0744. The monoisotopic (exact) mass is 173 g/mol. The lowest BCUT2D eigenvalue weighted by molar-refractivity contribution is -0.148. The highest BCUT2D eigenvalue weighted by molar-refractivity contribution is 5.70. The third kappa shape index (κ3) is 7.54. The van der Waals surface area contributed by atoms with Crippen LogP contribution in [0.25, 0.3) is 0 Å². The highest BCUT2D eigenvalue weighted by Gasteiger charge is 1.99. The number of esters is 1. The van der Waals surface area contributed by atoms with Gasteiger partial charge in [0.15, 0.2) is 0 Å². The fraction of sp³-hybridized carbons (Fsp3) is 0.778. The van der Waals surface area contributed by atoms with Crippen molar-refractivity contribution in [3.05, 3.63) is 6.92 Å². The summed E-state index contributed by atoms with van der Waals surface area (Å²) in [5.74, 6) is -0.285. The molecule has 0 aliphatic carbocycles. The van der Waals surface area contributed by atoms with Gasteiger partial charge in [-0.15, -0.1) is 0 Å². The lowest BCUT2D eigenvalue weighted by Crippen LogP contribution is -2.12. The first-order valence-corrected chi connectivity index (χ1v) is 4.33. The highest BCUT2D eigenvalue weighted by Crippen LogP contribution is 1.93. The second-order valence-corrected chi connectivity index (χ2v) is 2.42. The smallest absolute Gasteiger partial charge is 0.332 e. The zero-order chi connectivity index (χ0) is 9.23. The van der Waals surface area contributed by atoms with E-state index in [4.69, 9.17) is 4.74 Å². The predicted octanol–water partition coefficient (Wildman–Crippen LogP) is 1.57. The van der Waals surface area contributed by atoms with Crippen LogP contribution < -0.4 is 0 Å². The van der Waals surface area contributed by atoms with E-state index in [1.807, 2.05) is 0 Å². The van der Waals surface area contributed by atoms with Gasteiger partial charge in [0.2, 0.25) is 0 Å². The number of carbonyl (C=O) groups excluding carboxylic acids is 1. The van der Waals surface area contributed by atoms with Crippen LogP contribution in [0.2, 0.25) is 0 Å². The molecule has 0 rings (SSSR count). The van der Waals surface area contributed by atoms with Gasteiger partial charge in [-0.1, -0.05) is 19.8 Å². The Morgan fingerprint density at radius 1 is 1.42 bits per heavy atom. The molecule has 0 heterocycles. The van der Waals surface area contributed by atoms with E-state index in [1.54, 1.807) is 6.92 Å². The van der Waals surface area contributed by atoms with Crippen molar-refractivity contribution in [3.8, 4) is 0 Å². The van der Waals surface area contributed by atoms with Gasteiger partial charge in [0.05, 0.1) is 6.61 Å². The zero-order valence-electron chi connectivity index (χ0n) is 7.67.